The van der Waals surface area contributed by atoms with Crippen molar-refractivity contribution in [2.24, 2.45) is 5.73 Å². The Labute approximate surface area is 164 Å². The summed E-state index contributed by atoms with van der Waals surface area (Å²) in [7, 11) is 0. The van der Waals surface area contributed by atoms with E-state index in [1.807, 2.05) is 12.1 Å². The highest BCUT2D eigenvalue weighted by atomic mass is 35.5. The van der Waals surface area contributed by atoms with Crippen LogP contribution in [0.1, 0.15) is 42.5 Å². The minimum atomic E-state index is -4.56. The number of aromatic nitrogens is 3. The van der Waals surface area contributed by atoms with Gasteiger partial charge in [0.05, 0.1) is 12.1 Å². The topological polar surface area (TPSA) is 77.0 Å². The zero-order valence-electron chi connectivity index (χ0n) is 14.9. The average Bonchev–Trinajstić information content (AvgIpc) is 3.16. The number of nitrogens with two attached hydrogens (primary N) is 1. The van der Waals surface area contributed by atoms with Gasteiger partial charge in [-0.2, -0.15) is 13.2 Å². The lowest BCUT2D eigenvalue weighted by atomic mass is 10.0. The highest BCUT2D eigenvalue weighted by molar-refractivity contribution is 6.30. The number of halogens is 4. The summed E-state index contributed by atoms with van der Waals surface area (Å²) in [6.45, 7) is 0.0585. The van der Waals surface area contributed by atoms with E-state index < -0.39 is 24.1 Å². The number of fused-ring (bicyclic) bond motifs is 4. The van der Waals surface area contributed by atoms with E-state index in [4.69, 9.17) is 17.3 Å². The second-order valence-electron chi connectivity index (χ2n) is 7.34. The molecule has 2 N–H and O–H groups in total. The molecule has 3 unspecified atom stereocenters. The number of carbonyl (C=O) groups is 1. The van der Waals surface area contributed by atoms with Crippen LogP contribution in [0.25, 0.3) is 0 Å². The second kappa shape index (κ2) is 7.04. The quantitative estimate of drug-likeness (QED) is 0.836. The highest BCUT2D eigenvalue weighted by Crippen LogP contribution is 2.42. The average molecular weight is 414 g/mol. The van der Waals surface area contributed by atoms with E-state index in [0.717, 1.165) is 10.1 Å². The number of nitrogens with zero attached hydrogens (tertiary/aromatic N) is 4. The molecule has 1 aromatic heterocycles. The Hall–Kier alpha value is -2.13. The van der Waals surface area contributed by atoms with Crippen molar-refractivity contribution in [2.75, 3.05) is 0 Å². The molecule has 0 saturated carbocycles. The molecular formula is C18H19ClF3N5O. The third kappa shape index (κ3) is 3.48. The highest BCUT2D eigenvalue weighted by Gasteiger charge is 2.48. The smallest absolute Gasteiger partial charge is 0.328 e. The Bertz CT molecular complexity index is 900. The molecule has 0 aliphatic carbocycles. The predicted octanol–water partition coefficient (Wildman–Crippen LogP) is 2.96. The van der Waals surface area contributed by atoms with E-state index in [9.17, 15) is 18.0 Å². The van der Waals surface area contributed by atoms with Crippen LogP contribution < -0.4 is 5.73 Å². The number of amides is 1. The molecule has 1 aromatic carbocycles. The third-order valence-corrected chi connectivity index (χ3v) is 5.57. The largest absolute Gasteiger partial charge is 0.451 e. The molecule has 2 bridgehead atoms. The van der Waals surface area contributed by atoms with E-state index in [-0.39, 0.29) is 30.7 Å². The molecular weight excluding hydrogens is 395 g/mol. The van der Waals surface area contributed by atoms with Crippen molar-refractivity contribution < 1.29 is 18.0 Å². The molecule has 2 aliphatic heterocycles. The molecule has 6 nitrogen and oxygen atoms in total. The normalized spacial score (nSPS) is 22.2. The van der Waals surface area contributed by atoms with Gasteiger partial charge < -0.3 is 15.2 Å². The van der Waals surface area contributed by atoms with Crippen LogP contribution in [0.15, 0.2) is 24.3 Å². The summed E-state index contributed by atoms with van der Waals surface area (Å²) < 4.78 is 40.5. The maximum Gasteiger partial charge on any atom is 0.451 e. The zero-order valence-corrected chi connectivity index (χ0v) is 15.6. The van der Waals surface area contributed by atoms with Crippen LogP contribution in [0.5, 0.6) is 0 Å². The molecule has 3 atom stereocenters. The maximum absolute atomic E-state index is 13.1. The van der Waals surface area contributed by atoms with E-state index in [1.165, 1.54) is 0 Å². The van der Waals surface area contributed by atoms with Gasteiger partial charge in [0.25, 0.3) is 0 Å². The van der Waals surface area contributed by atoms with E-state index in [2.05, 4.69) is 10.2 Å². The van der Waals surface area contributed by atoms with Crippen molar-refractivity contribution in [1.29, 1.82) is 0 Å². The molecule has 1 saturated heterocycles. The van der Waals surface area contributed by atoms with Gasteiger partial charge in [0.1, 0.15) is 0 Å². The Morgan fingerprint density at radius 3 is 2.82 bits per heavy atom. The molecule has 2 aromatic rings. The van der Waals surface area contributed by atoms with Gasteiger partial charge in [0, 0.05) is 24.0 Å². The monoisotopic (exact) mass is 413 g/mol. The maximum atomic E-state index is 13.1. The first-order valence-electron chi connectivity index (χ1n) is 9.05. The van der Waals surface area contributed by atoms with E-state index in [0.29, 0.717) is 24.3 Å². The third-order valence-electron chi connectivity index (χ3n) is 5.34. The number of hydrogen-bond donors (Lipinski definition) is 1. The summed E-state index contributed by atoms with van der Waals surface area (Å²) in [6.07, 6.45) is -2.74. The summed E-state index contributed by atoms with van der Waals surface area (Å²) in [5.74, 6) is -0.952. The van der Waals surface area contributed by atoms with Gasteiger partial charge in [-0.15, -0.1) is 10.2 Å². The summed E-state index contributed by atoms with van der Waals surface area (Å²) in [5.41, 5.74) is 7.09. The van der Waals surface area contributed by atoms with Gasteiger partial charge in [-0.05, 0) is 37.0 Å². The van der Waals surface area contributed by atoms with Crippen LogP contribution in [-0.2, 0) is 23.9 Å². The molecule has 1 amide bonds. The van der Waals surface area contributed by atoms with E-state index >= 15 is 0 Å². The molecule has 150 valence electrons. The molecule has 10 heteroatoms. The number of alkyl halides is 3. The van der Waals surface area contributed by atoms with Crippen molar-refractivity contribution in [1.82, 2.24) is 19.7 Å². The summed E-state index contributed by atoms with van der Waals surface area (Å²) >= 11 is 5.97. The molecule has 28 heavy (non-hydrogen) atoms. The van der Waals surface area contributed by atoms with Crippen molar-refractivity contribution in [3.05, 3.63) is 46.5 Å². The van der Waals surface area contributed by atoms with Gasteiger partial charge >= 0.3 is 6.18 Å². The Morgan fingerprint density at radius 2 is 2.11 bits per heavy atom. The van der Waals surface area contributed by atoms with Gasteiger partial charge in [-0.25, -0.2) is 0 Å². The lowest BCUT2D eigenvalue weighted by molar-refractivity contribution is -0.148. The molecule has 4 rings (SSSR count). The molecule has 2 aliphatic rings. The number of carbonyl (C=O) groups excluding carboxylic acids is 1. The fourth-order valence-corrected chi connectivity index (χ4v) is 4.44. The summed E-state index contributed by atoms with van der Waals surface area (Å²) in [5, 5.41) is 7.67. The van der Waals surface area contributed by atoms with Crippen molar-refractivity contribution in [3.8, 4) is 0 Å². The van der Waals surface area contributed by atoms with Crippen molar-refractivity contribution in [3.63, 3.8) is 0 Å². The fraction of sp³-hybridized carbons (Fsp3) is 0.500. The van der Waals surface area contributed by atoms with Crippen LogP contribution in [0.2, 0.25) is 5.02 Å². The lowest BCUT2D eigenvalue weighted by Gasteiger charge is -2.36. The minimum absolute atomic E-state index is 0.0585. The van der Waals surface area contributed by atoms with Crippen LogP contribution in [0.3, 0.4) is 0 Å². The van der Waals surface area contributed by atoms with Gasteiger partial charge in [-0.1, -0.05) is 23.7 Å². The molecule has 0 spiro atoms. The summed E-state index contributed by atoms with van der Waals surface area (Å²) in [4.78, 5) is 14.5. The minimum Gasteiger partial charge on any atom is -0.328 e. The summed E-state index contributed by atoms with van der Waals surface area (Å²) in [6, 6.07) is 6.10. The Kier molecular flexibility index (Phi) is 4.83. The SMILES string of the molecule is NC(CC(=O)N1C2CCC1c1nnc(C(F)(F)F)n1C2)Cc1cccc(Cl)c1. The number of hydrogen-bond acceptors (Lipinski definition) is 4. The molecule has 3 heterocycles. The van der Waals surface area contributed by atoms with Crippen LogP contribution in [0.4, 0.5) is 13.2 Å². The first-order valence-corrected chi connectivity index (χ1v) is 9.43. The first kappa shape index (κ1) is 19.2. The van der Waals surface area contributed by atoms with Crippen molar-refractivity contribution >= 4 is 17.5 Å². The van der Waals surface area contributed by atoms with Crippen LogP contribution >= 0.6 is 11.6 Å². The Balaban J connectivity index is 1.48. The van der Waals surface area contributed by atoms with Gasteiger partial charge in [0.2, 0.25) is 11.7 Å². The zero-order chi connectivity index (χ0) is 20.1. The number of rotatable bonds is 4. The standard InChI is InChI=1S/C18H19ClF3N5O/c19-11-3-1-2-10(6-11)7-12(23)8-15(28)27-13-4-5-14(27)16-24-25-17(18(20,21)22)26(16)9-13/h1-3,6,12-14H,4-5,7-9,23H2. The van der Waals surface area contributed by atoms with Crippen LogP contribution in [0, 0.1) is 0 Å². The first-order chi connectivity index (χ1) is 13.2. The fourth-order valence-electron chi connectivity index (χ4n) is 4.22. The second-order valence-corrected chi connectivity index (χ2v) is 7.77. The molecule has 1 fully saturated rings. The van der Waals surface area contributed by atoms with Crippen LogP contribution in [-0.4, -0.2) is 37.7 Å². The van der Waals surface area contributed by atoms with E-state index in [1.54, 1.807) is 17.0 Å². The van der Waals surface area contributed by atoms with Gasteiger partial charge in [-0.3, -0.25) is 4.79 Å². The lowest BCUT2D eigenvalue weighted by Crippen LogP contribution is -2.46. The molecule has 0 radical (unpaired) electrons. The predicted molar refractivity (Wildman–Crippen MR) is 95.4 cm³/mol. The Morgan fingerprint density at radius 1 is 1.32 bits per heavy atom. The van der Waals surface area contributed by atoms with Gasteiger partial charge in [0.15, 0.2) is 5.82 Å². The van der Waals surface area contributed by atoms with Crippen molar-refractivity contribution in [2.45, 2.75) is 56.5 Å². The number of benzene rings is 1.